The highest BCUT2D eigenvalue weighted by atomic mass is 19.1. The number of hydrogen-bond acceptors (Lipinski definition) is 2. The number of carbonyl (C=O) groups is 1. The summed E-state index contributed by atoms with van der Waals surface area (Å²) in [5, 5.41) is 6.09. The Kier molecular flexibility index (Phi) is 5.12. The molecule has 2 aromatic rings. The molecule has 2 atom stereocenters. The van der Waals surface area contributed by atoms with Crippen LogP contribution in [0.1, 0.15) is 36.8 Å². The molecule has 2 bridgehead atoms. The van der Waals surface area contributed by atoms with Crippen LogP contribution in [-0.4, -0.2) is 29.1 Å². The highest BCUT2D eigenvalue weighted by Gasteiger charge is 2.40. The maximum absolute atomic E-state index is 13.1. The molecule has 0 aliphatic carbocycles. The van der Waals surface area contributed by atoms with Crippen LogP contribution in [0, 0.1) is 12.7 Å². The number of carbonyl (C=O) groups excluding carboxylic acids is 1. The molecule has 2 N–H and O–H groups in total. The highest BCUT2D eigenvalue weighted by molar-refractivity contribution is 5.89. The van der Waals surface area contributed by atoms with Gasteiger partial charge in [0.15, 0.2) is 0 Å². The molecule has 0 radical (unpaired) electrons. The minimum Gasteiger partial charge on any atom is -0.335 e. The zero-order chi connectivity index (χ0) is 18.8. The molecule has 0 unspecified atom stereocenters. The number of urea groups is 1. The van der Waals surface area contributed by atoms with Gasteiger partial charge in [-0.3, -0.25) is 4.90 Å². The fourth-order valence-electron chi connectivity index (χ4n) is 4.53. The van der Waals surface area contributed by atoms with E-state index in [-0.39, 0.29) is 17.9 Å². The predicted octanol–water partition coefficient (Wildman–Crippen LogP) is 4.45. The molecule has 4 rings (SSSR count). The predicted molar refractivity (Wildman–Crippen MR) is 105 cm³/mol. The molecule has 2 aliphatic rings. The van der Waals surface area contributed by atoms with Crippen LogP contribution in [-0.2, 0) is 6.54 Å². The summed E-state index contributed by atoms with van der Waals surface area (Å²) >= 11 is 0. The fraction of sp³-hybridized carbons (Fsp3) is 0.409. The molecule has 2 heterocycles. The summed E-state index contributed by atoms with van der Waals surface area (Å²) in [6.07, 6.45) is 4.28. The van der Waals surface area contributed by atoms with Crippen molar-refractivity contribution >= 4 is 11.7 Å². The molecule has 0 saturated carbocycles. The van der Waals surface area contributed by atoms with Crippen molar-refractivity contribution in [2.75, 3.05) is 5.32 Å². The van der Waals surface area contributed by atoms with E-state index in [0.29, 0.717) is 12.1 Å². The van der Waals surface area contributed by atoms with Gasteiger partial charge in [-0.05, 0) is 68.0 Å². The van der Waals surface area contributed by atoms with Gasteiger partial charge in [0.1, 0.15) is 5.82 Å². The SMILES string of the molecule is Cc1cccc(NC(=O)NC2C[C@H]3CC[C@H](C2)N3Cc2ccc(F)cc2)c1. The van der Waals surface area contributed by atoms with Gasteiger partial charge in [-0.15, -0.1) is 0 Å². The monoisotopic (exact) mass is 367 g/mol. The van der Waals surface area contributed by atoms with Gasteiger partial charge in [0.05, 0.1) is 0 Å². The van der Waals surface area contributed by atoms with Crippen molar-refractivity contribution < 1.29 is 9.18 Å². The molecule has 2 amide bonds. The largest absolute Gasteiger partial charge is 0.335 e. The first-order valence-electron chi connectivity index (χ1n) is 9.71. The van der Waals surface area contributed by atoms with E-state index in [9.17, 15) is 9.18 Å². The molecule has 27 heavy (non-hydrogen) atoms. The van der Waals surface area contributed by atoms with Crippen LogP contribution < -0.4 is 10.6 Å². The van der Waals surface area contributed by atoms with Gasteiger partial charge < -0.3 is 10.6 Å². The number of amides is 2. The Labute approximate surface area is 159 Å². The summed E-state index contributed by atoms with van der Waals surface area (Å²) in [6, 6.07) is 15.7. The number of rotatable bonds is 4. The van der Waals surface area contributed by atoms with E-state index in [1.165, 1.54) is 25.0 Å². The van der Waals surface area contributed by atoms with E-state index in [1.54, 1.807) is 0 Å². The first kappa shape index (κ1) is 18.0. The van der Waals surface area contributed by atoms with Crippen LogP contribution in [0.5, 0.6) is 0 Å². The Bertz CT molecular complexity index is 793. The molecule has 142 valence electrons. The summed E-state index contributed by atoms with van der Waals surface area (Å²) in [5.74, 6) is -0.191. The third kappa shape index (κ3) is 4.30. The van der Waals surface area contributed by atoms with Gasteiger partial charge >= 0.3 is 6.03 Å². The Morgan fingerprint density at radius 1 is 1.11 bits per heavy atom. The summed E-state index contributed by atoms with van der Waals surface area (Å²) in [7, 11) is 0. The van der Waals surface area contributed by atoms with Crippen LogP contribution >= 0.6 is 0 Å². The molecule has 4 nitrogen and oxygen atoms in total. The number of fused-ring (bicyclic) bond motifs is 2. The minimum absolute atomic E-state index is 0.128. The summed E-state index contributed by atoms with van der Waals surface area (Å²) in [6.45, 7) is 2.87. The summed E-state index contributed by atoms with van der Waals surface area (Å²) in [5.41, 5.74) is 3.10. The maximum Gasteiger partial charge on any atom is 0.319 e. The molecule has 2 fully saturated rings. The number of nitrogens with one attached hydrogen (secondary N) is 2. The smallest absolute Gasteiger partial charge is 0.319 e. The normalized spacial score (nSPS) is 24.6. The summed E-state index contributed by atoms with van der Waals surface area (Å²) < 4.78 is 13.1. The number of nitrogens with zero attached hydrogens (tertiary/aromatic N) is 1. The zero-order valence-corrected chi connectivity index (χ0v) is 15.6. The lowest BCUT2D eigenvalue weighted by atomic mass is 9.96. The molecular weight excluding hydrogens is 341 g/mol. The maximum atomic E-state index is 13.1. The number of anilines is 1. The number of piperidine rings is 1. The van der Waals surface area contributed by atoms with Crippen molar-refractivity contribution in [3.63, 3.8) is 0 Å². The number of halogens is 1. The Morgan fingerprint density at radius 3 is 2.48 bits per heavy atom. The summed E-state index contributed by atoms with van der Waals surface area (Å²) in [4.78, 5) is 14.9. The van der Waals surface area contributed by atoms with Gasteiger partial charge in [0.25, 0.3) is 0 Å². The first-order valence-corrected chi connectivity index (χ1v) is 9.71. The van der Waals surface area contributed by atoms with Crippen molar-refractivity contribution in [2.24, 2.45) is 0 Å². The van der Waals surface area contributed by atoms with Crippen LogP contribution in [0.4, 0.5) is 14.9 Å². The van der Waals surface area contributed by atoms with Crippen LogP contribution in [0.3, 0.4) is 0 Å². The van der Waals surface area contributed by atoms with Crippen molar-refractivity contribution in [3.8, 4) is 0 Å². The van der Waals surface area contributed by atoms with Gasteiger partial charge in [-0.2, -0.15) is 0 Å². The quantitative estimate of drug-likeness (QED) is 0.838. The number of hydrogen-bond donors (Lipinski definition) is 2. The second kappa shape index (κ2) is 7.69. The van der Waals surface area contributed by atoms with Gasteiger partial charge in [-0.25, -0.2) is 9.18 Å². The standard InChI is InChI=1S/C22H26FN3O/c1-15-3-2-4-18(11-15)24-22(27)25-19-12-20-9-10-21(13-19)26(20)14-16-5-7-17(23)8-6-16/h2-8,11,19-21H,9-10,12-14H2,1H3,(H2,24,25,27)/t20-,21-/m1/s1. The zero-order valence-electron chi connectivity index (χ0n) is 15.6. The van der Waals surface area contributed by atoms with Crippen LogP contribution in [0.15, 0.2) is 48.5 Å². The lowest BCUT2D eigenvalue weighted by Crippen LogP contribution is -2.50. The molecule has 2 saturated heterocycles. The minimum atomic E-state index is -0.191. The second-order valence-corrected chi connectivity index (χ2v) is 7.82. The average Bonchev–Trinajstić information content (AvgIpc) is 2.86. The fourth-order valence-corrected chi connectivity index (χ4v) is 4.53. The van der Waals surface area contributed by atoms with Crippen molar-refractivity contribution in [3.05, 3.63) is 65.5 Å². The highest BCUT2D eigenvalue weighted by Crippen LogP contribution is 2.36. The van der Waals surface area contributed by atoms with E-state index >= 15 is 0 Å². The van der Waals surface area contributed by atoms with Crippen molar-refractivity contribution in [1.82, 2.24) is 10.2 Å². The topological polar surface area (TPSA) is 44.4 Å². The number of aryl methyl sites for hydroxylation is 1. The second-order valence-electron chi connectivity index (χ2n) is 7.82. The molecule has 0 aromatic heterocycles. The molecule has 2 aliphatic heterocycles. The van der Waals surface area contributed by atoms with E-state index in [0.717, 1.165) is 36.2 Å². The van der Waals surface area contributed by atoms with Crippen molar-refractivity contribution in [2.45, 2.75) is 57.3 Å². The Balaban J connectivity index is 1.33. The molecule has 5 heteroatoms. The van der Waals surface area contributed by atoms with Crippen LogP contribution in [0.2, 0.25) is 0 Å². The van der Waals surface area contributed by atoms with E-state index < -0.39 is 0 Å². The number of benzene rings is 2. The molecular formula is C22H26FN3O. The third-order valence-electron chi connectivity index (χ3n) is 5.77. The lowest BCUT2D eigenvalue weighted by molar-refractivity contribution is 0.112. The lowest BCUT2D eigenvalue weighted by Gasteiger charge is -2.39. The van der Waals surface area contributed by atoms with E-state index in [4.69, 9.17) is 0 Å². The average molecular weight is 367 g/mol. The third-order valence-corrected chi connectivity index (χ3v) is 5.77. The Hall–Kier alpha value is -2.40. The van der Waals surface area contributed by atoms with Crippen molar-refractivity contribution in [1.29, 1.82) is 0 Å². The molecule has 2 aromatic carbocycles. The van der Waals surface area contributed by atoms with E-state index in [2.05, 4.69) is 15.5 Å². The van der Waals surface area contributed by atoms with Gasteiger partial charge in [0.2, 0.25) is 0 Å². The van der Waals surface area contributed by atoms with Gasteiger partial charge in [0, 0.05) is 30.4 Å². The van der Waals surface area contributed by atoms with Gasteiger partial charge in [-0.1, -0.05) is 24.3 Å². The Morgan fingerprint density at radius 2 is 1.81 bits per heavy atom. The molecule has 0 spiro atoms. The first-order chi connectivity index (χ1) is 13.1. The van der Waals surface area contributed by atoms with E-state index in [1.807, 2.05) is 43.3 Å². The van der Waals surface area contributed by atoms with Crippen LogP contribution in [0.25, 0.3) is 0 Å².